The third kappa shape index (κ3) is 5.95. The fourth-order valence-corrected chi connectivity index (χ4v) is 4.14. The van der Waals surface area contributed by atoms with Gasteiger partial charge in [0.05, 0.1) is 11.9 Å². The van der Waals surface area contributed by atoms with Crippen molar-refractivity contribution in [2.75, 3.05) is 13.1 Å². The van der Waals surface area contributed by atoms with Crippen LogP contribution in [0, 0.1) is 5.92 Å². The van der Waals surface area contributed by atoms with Gasteiger partial charge < -0.3 is 18.9 Å². The van der Waals surface area contributed by atoms with E-state index in [0.717, 1.165) is 48.8 Å². The second kappa shape index (κ2) is 9.69. The maximum Gasteiger partial charge on any atom is 0.410 e. The molecule has 1 aliphatic rings. The molecule has 1 saturated heterocycles. The maximum atomic E-state index is 12.3. The number of rotatable bonds is 6. The van der Waals surface area contributed by atoms with Crippen molar-refractivity contribution in [1.29, 1.82) is 0 Å². The molecule has 0 spiro atoms. The molecular weight excluding hydrogens is 414 g/mol. The smallest absolute Gasteiger partial charge is 0.410 e. The lowest BCUT2D eigenvalue weighted by atomic mass is 9.99. The van der Waals surface area contributed by atoms with E-state index >= 15 is 0 Å². The Kier molecular flexibility index (Phi) is 6.72. The number of aromatic nitrogens is 2. The van der Waals surface area contributed by atoms with Crippen LogP contribution in [0.25, 0.3) is 11.4 Å². The first-order valence-corrected chi connectivity index (χ1v) is 11.5. The van der Waals surface area contributed by atoms with Crippen LogP contribution in [0.4, 0.5) is 4.79 Å². The number of hydrogen-bond donors (Lipinski definition) is 0. The number of ether oxygens (including phenoxy) is 2. The summed E-state index contributed by atoms with van der Waals surface area (Å²) in [5, 5.41) is 0. The molecule has 174 valence electrons. The molecule has 3 aromatic rings. The molecule has 6 heteroatoms. The van der Waals surface area contributed by atoms with Crippen molar-refractivity contribution in [3.8, 4) is 17.1 Å². The third-order valence-electron chi connectivity index (χ3n) is 5.89. The van der Waals surface area contributed by atoms with Gasteiger partial charge in [-0.25, -0.2) is 9.78 Å². The number of nitrogens with zero attached hydrogens (tertiary/aromatic N) is 3. The van der Waals surface area contributed by atoms with Crippen molar-refractivity contribution in [2.24, 2.45) is 13.0 Å². The number of carbonyl (C=O) groups excluding carboxylic acids is 1. The summed E-state index contributed by atoms with van der Waals surface area (Å²) >= 11 is 0. The second-order valence-corrected chi connectivity index (χ2v) is 9.72. The van der Waals surface area contributed by atoms with Crippen molar-refractivity contribution >= 4 is 6.09 Å². The lowest BCUT2D eigenvalue weighted by Crippen LogP contribution is -2.35. The summed E-state index contributed by atoms with van der Waals surface area (Å²) in [6.07, 6.45) is 3.61. The van der Waals surface area contributed by atoms with E-state index in [1.54, 1.807) is 0 Å². The van der Waals surface area contributed by atoms with Gasteiger partial charge in [0.1, 0.15) is 23.8 Å². The molecule has 0 radical (unpaired) electrons. The number of imidazole rings is 1. The molecule has 1 amide bonds. The predicted octanol–water partition coefficient (Wildman–Crippen LogP) is 5.47. The molecule has 2 heterocycles. The van der Waals surface area contributed by atoms with Gasteiger partial charge in [0, 0.05) is 25.7 Å². The number of carbonyl (C=O) groups is 1. The van der Waals surface area contributed by atoms with Crippen LogP contribution >= 0.6 is 0 Å². The SMILES string of the molecule is Cn1c(COc2ccc(C[C@H]3CCN(C(=O)OC(C)(C)C)C3)cc2)cnc1-c1ccccc1. The fraction of sp³-hybridized carbons (Fsp3) is 0.407. The summed E-state index contributed by atoms with van der Waals surface area (Å²) in [4.78, 5) is 18.7. The minimum atomic E-state index is -0.455. The van der Waals surface area contributed by atoms with Gasteiger partial charge in [0.2, 0.25) is 0 Å². The van der Waals surface area contributed by atoms with Crippen LogP contribution in [0.3, 0.4) is 0 Å². The topological polar surface area (TPSA) is 56.6 Å². The molecule has 4 rings (SSSR count). The highest BCUT2D eigenvalue weighted by Gasteiger charge is 2.29. The van der Waals surface area contributed by atoms with Crippen molar-refractivity contribution < 1.29 is 14.3 Å². The predicted molar refractivity (Wildman–Crippen MR) is 129 cm³/mol. The lowest BCUT2D eigenvalue weighted by molar-refractivity contribution is 0.0288. The quantitative estimate of drug-likeness (QED) is 0.503. The number of amides is 1. The molecule has 6 nitrogen and oxygen atoms in total. The molecular formula is C27H33N3O3. The number of hydrogen-bond acceptors (Lipinski definition) is 4. The molecule has 0 unspecified atom stereocenters. The Balaban J connectivity index is 1.28. The van der Waals surface area contributed by atoms with Crippen LogP contribution in [0.2, 0.25) is 0 Å². The largest absolute Gasteiger partial charge is 0.487 e. The van der Waals surface area contributed by atoms with Gasteiger partial charge in [0.25, 0.3) is 0 Å². The van der Waals surface area contributed by atoms with Crippen LogP contribution in [-0.4, -0.2) is 39.2 Å². The van der Waals surface area contributed by atoms with Crippen LogP contribution in [-0.2, 0) is 24.8 Å². The molecule has 0 N–H and O–H groups in total. The van der Waals surface area contributed by atoms with Gasteiger partial charge in [0.15, 0.2) is 0 Å². The number of likely N-dealkylation sites (tertiary alicyclic amines) is 1. The first kappa shape index (κ1) is 22.9. The van der Waals surface area contributed by atoms with Crippen molar-refractivity contribution in [2.45, 2.75) is 45.8 Å². The summed E-state index contributed by atoms with van der Waals surface area (Å²) < 4.78 is 13.6. The van der Waals surface area contributed by atoms with Crippen molar-refractivity contribution in [3.63, 3.8) is 0 Å². The zero-order valence-electron chi connectivity index (χ0n) is 20.0. The highest BCUT2D eigenvalue weighted by Crippen LogP contribution is 2.24. The summed E-state index contributed by atoms with van der Waals surface area (Å²) in [5.74, 6) is 2.22. The van der Waals surface area contributed by atoms with E-state index in [-0.39, 0.29) is 6.09 Å². The first-order chi connectivity index (χ1) is 15.8. The standard InChI is InChI=1S/C27H33N3O3/c1-27(2,3)33-26(31)30-15-14-21(18-30)16-20-10-12-24(13-11-20)32-19-23-17-28-25(29(23)4)22-8-6-5-7-9-22/h5-13,17,21H,14-16,18-19H2,1-4H3/t21-/m1/s1. The van der Waals surface area contributed by atoms with Gasteiger partial charge in [-0.2, -0.15) is 0 Å². The zero-order chi connectivity index (χ0) is 23.4. The van der Waals surface area contributed by atoms with Gasteiger partial charge in [-0.15, -0.1) is 0 Å². The van der Waals surface area contributed by atoms with E-state index in [1.165, 1.54) is 5.56 Å². The third-order valence-corrected chi connectivity index (χ3v) is 5.89. The van der Waals surface area contributed by atoms with Gasteiger partial charge in [-0.3, -0.25) is 0 Å². The summed E-state index contributed by atoms with van der Waals surface area (Å²) in [7, 11) is 2.01. The van der Waals surface area contributed by atoms with Crippen LogP contribution < -0.4 is 4.74 Å². The highest BCUT2D eigenvalue weighted by molar-refractivity contribution is 5.68. The molecule has 0 saturated carbocycles. The van der Waals surface area contributed by atoms with E-state index < -0.39 is 5.60 Å². The van der Waals surface area contributed by atoms with Crippen LogP contribution in [0.1, 0.15) is 38.4 Å². The van der Waals surface area contributed by atoms with Crippen molar-refractivity contribution in [3.05, 3.63) is 72.1 Å². The highest BCUT2D eigenvalue weighted by atomic mass is 16.6. The number of benzene rings is 2. The molecule has 0 aliphatic carbocycles. The van der Waals surface area contributed by atoms with E-state index in [9.17, 15) is 4.79 Å². The van der Waals surface area contributed by atoms with Crippen LogP contribution in [0.15, 0.2) is 60.8 Å². The molecule has 1 atom stereocenters. The minimum absolute atomic E-state index is 0.209. The molecule has 1 aromatic heterocycles. The Morgan fingerprint density at radius 1 is 1.09 bits per heavy atom. The molecule has 1 aliphatic heterocycles. The Hall–Kier alpha value is -3.28. The molecule has 0 bridgehead atoms. The maximum absolute atomic E-state index is 12.3. The van der Waals surface area contributed by atoms with E-state index in [2.05, 4.69) is 33.8 Å². The summed E-state index contributed by atoms with van der Waals surface area (Å²) in [5.41, 5.74) is 2.91. The Morgan fingerprint density at radius 3 is 2.52 bits per heavy atom. The van der Waals surface area contributed by atoms with Crippen molar-refractivity contribution in [1.82, 2.24) is 14.5 Å². The summed E-state index contributed by atoms with van der Waals surface area (Å²) in [6.45, 7) is 7.67. The van der Waals surface area contributed by atoms with E-state index in [4.69, 9.17) is 9.47 Å². The monoisotopic (exact) mass is 447 g/mol. The molecule has 33 heavy (non-hydrogen) atoms. The second-order valence-electron chi connectivity index (χ2n) is 9.72. The first-order valence-electron chi connectivity index (χ1n) is 11.5. The molecule has 1 fully saturated rings. The van der Waals surface area contributed by atoms with Gasteiger partial charge in [-0.1, -0.05) is 42.5 Å². The zero-order valence-corrected chi connectivity index (χ0v) is 20.0. The Bertz CT molecular complexity index is 1070. The minimum Gasteiger partial charge on any atom is -0.487 e. The lowest BCUT2D eigenvalue weighted by Gasteiger charge is -2.24. The van der Waals surface area contributed by atoms with Gasteiger partial charge >= 0.3 is 6.09 Å². The van der Waals surface area contributed by atoms with Crippen LogP contribution in [0.5, 0.6) is 5.75 Å². The molecule has 2 aromatic carbocycles. The Morgan fingerprint density at radius 2 is 1.82 bits per heavy atom. The average Bonchev–Trinajstić information content (AvgIpc) is 3.39. The fourth-order valence-electron chi connectivity index (χ4n) is 4.14. The van der Waals surface area contributed by atoms with E-state index in [1.807, 2.05) is 69.2 Å². The normalized spacial score (nSPS) is 16.1. The van der Waals surface area contributed by atoms with Gasteiger partial charge in [-0.05, 0) is 57.2 Å². The Labute approximate surface area is 196 Å². The average molecular weight is 448 g/mol. The summed E-state index contributed by atoms with van der Waals surface area (Å²) in [6, 6.07) is 18.4. The van der Waals surface area contributed by atoms with E-state index in [0.29, 0.717) is 12.5 Å².